The Morgan fingerprint density at radius 3 is 2.36 bits per heavy atom. The maximum Gasteiger partial charge on any atom is 0.250 e. The second-order valence-corrected chi connectivity index (χ2v) is 9.45. The van der Waals surface area contributed by atoms with Crippen LogP contribution < -0.4 is 21.7 Å². The molecule has 0 unspecified atom stereocenters. The van der Waals surface area contributed by atoms with Gasteiger partial charge in [0.2, 0.25) is 0 Å². The number of hydrogen-bond donors (Lipinski definition) is 3. The zero-order chi connectivity index (χ0) is 23.2. The number of nitrogen functional groups attached to an aromatic ring is 1. The van der Waals surface area contributed by atoms with Gasteiger partial charge < -0.3 is 15.9 Å². The molecule has 0 saturated carbocycles. The van der Waals surface area contributed by atoms with Gasteiger partial charge in [-0.1, -0.05) is 30.3 Å². The molecule has 1 aliphatic rings. The topological polar surface area (TPSA) is 93.6 Å². The average molecular weight is 463 g/mol. The summed E-state index contributed by atoms with van der Waals surface area (Å²) in [6.07, 6.45) is 3.00. The fourth-order valence-electron chi connectivity index (χ4n) is 4.33. The maximum atomic E-state index is 12.2. The first-order valence-electron chi connectivity index (χ1n) is 11.1. The number of piperidine rings is 1. The zero-order valence-electron chi connectivity index (χ0n) is 18.8. The van der Waals surface area contributed by atoms with Crippen LogP contribution in [0.5, 0.6) is 5.75 Å². The number of primary amides is 1. The predicted octanol–water partition coefficient (Wildman–Crippen LogP) is 4.71. The summed E-state index contributed by atoms with van der Waals surface area (Å²) in [5.74, 6) is 6.74. The van der Waals surface area contributed by atoms with E-state index >= 15 is 0 Å². The first-order chi connectivity index (χ1) is 16.1. The van der Waals surface area contributed by atoms with Crippen LogP contribution in [0.4, 0.5) is 5.69 Å². The lowest BCUT2D eigenvalue weighted by atomic mass is 9.87. The number of hydrazine groups is 1. The highest BCUT2D eigenvalue weighted by molar-refractivity contribution is 7.97. The highest BCUT2D eigenvalue weighted by Gasteiger charge is 2.23. The van der Waals surface area contributed by atoms with Crippen LogP contribution in [0, 0.1) is 5.92 Å². The minimum absolute atomic E-state index is 0.432. The van der Waals surface area contributed by atoms with Crippen LogP contribution in [-0.4, -0.2) is 30.4 Å². The van der Waals surface area contributed by atoms with Crippen molar-refractivity contribution in [1.29, 1.82) is 0 Å². The molecule has 33 heavy (non-hydrogen) atoms. The van der Waals surface area contributed by atoms with Crippen molar-refractivity contribution >= 4 is 23.5 Å². The summed E-state index contributed by atoms with van der Waals surface area (Å²) in [5.41, 5.74) is 12.6. The van der Waals surface area contributed by atoms with Gasteiger partial charge in [-0.3, -0.25) is 10.6 Å². The molecular weight excluding hydrogens is 432 g/mol. The van der Waals surface area contributed by atoms with Crippen molar-refractivity contribution in [2.45, 2.75) is 24.2 Å². The van der Waals surface area contributed by atoms with Crippen molar-refractivity contribution < 1.29 is 9.53 Å². The molecular formula is C26H30N4O2S. The van der Waals surface area contributed by atoms with E-state index in [0.717, 1.165) is 54.8 Å². The minimum Gasteiger partial charge on any atom is -0.497 e. The van der Waals surface area contributed by atoms with Gasteiger partial charge in [-0.15, -0.1) is 0 Å². The molecule has 0 bridgehead atoms. The summed E-state index contributed by atoms with van der Waals surface area (Å²) >= 11 is 1.79. The Hall–Kier alpha value is -3.00. The quantitative estimate of drug-likeness (QED) is 0.255. The summed E-state index contributed by atoms with van der Waals surface area (Å²) in [6, 6.07) is 22.2. The van der Waals surface area contributed by atoms with E-state index in [1.165, 1.54) is 4.90 Å². The number of benzene rings is 3. The van der Waals surface area contributed by atoms with Gasteiger partial charge in [-0.2, -0.15) is 0 Å². The van der Waals surface area contributed by atoms with Gasteiger partial charge in [0, 0.05) is 18.0 Å². The van der Waals surface area contributed by atoms with Crippen molar-refractivity contribution in [2.24, 2.45) is 17.5 Å². The van der Waals surface area contributed by atoms with Crippen LogP contribution >= 0.6 is 11.9 Å². The summed E-state index contributed by atoms with van der Waals surface area (Å²) in [6.45, 7) is 2.02. The van der Waals surface area contributed by atoms with E-state index in [9.17, 15) is 4.79 Å². The molecule has 0 aliphatic carbocycles. The number of rotatable bonds is 8. The Balaban J connectivity index is 1.47. The fourth-order valence-corrected chi connectivity index (χ4v) is 5.28. The molecule has 0 spiro atoms. The van der Waals surface area contributed by atoms with Crippen LogP contribution in [0.3, 0.4) is 0 Å². The molecule has 172 valence electrons. The number of anilines is 1. The number of carbonyl (C=O) groups is 1. The van der Waals surface area contributed by atoms with Gasteiger partial charge in [0.05, 0.1) is 18.4 Å². The van der Waals surface area contributed by atoms with Gasteiger partial charge in [-0.25, -0.2) is 4.31 Å². The molecule has 5 N–H and O–H groups in total. The third-order valence-electron chi connectivity index (χ3n) is 6.11. The Bertz CT molecular complexity index is 1080. The fraction of sp³-hybridized carbons (Fsp3) is 0.269. The van der Waals surface area contributed by atoms with E-state index in [1.54, 1.807) is 19.1 Å². The number of carbonyl (C=O) groups excluding carboxylic acids is 1. The molecule has 1 saturated heterocycles. The number of nitrogens with two attached hydrogens (primary N) is 2. The van der Waals surface area contributed by atoms with Crippen molar-refractivity contribution in [3.05, 3.63) is 77.9 Å². The summed E-state index contributed by atoms with van der Waals surface area (Å²) in [5, 5.41) is 0. The van der Waals surface area contributed by atoms with E-state index in [0.29, 0.717) is 17.2 Å². The number of hydrogen-bond acceptors (Lipinski definition) is 6. The number of methoxy groups -OCH3 is 1. The molecule has 3 aromatic carbocycles. The lowest BCUT2D eigenvalue weighted by molar-refractivity contribution is 0.100. The first-order valence-corrected chi connectivity index (χ1v) is 11.9. The van der Waals surface area contributed by atoms with Crippen LogP contribution in [-0.2, 0) is 6.42 Å². The maximum absolute atomic E-state index is 12.2. The molecule has 0 aromatic heterocycles. The van der Waals surface area contributed by atoms with E-state index in [4.69, 9.17) is 16.3 Å². The van der Waals surface area contributed by atoms with Crippen molar-refractivity contribution in [2.75, 3.05) is 25.6 Å². The highest BCUT2D eigenvalue weighted by Crippen LogP contribution is 2.34. The predicted molar refractivity (Wildman–Crippen MR) is 135 cm³/mol. The molecule has 0 radical (unpaired) electrons. The molecule has 1 heterocycles. The summed E-state index contributed by atoms with van der Waals surface area (Å²) < 4.78 is 7.65. The minimum atomic E-state index is -0.479. The summed E-state index contributed by atoms with van der Waals surface area (Å²) in [4.78, 5) is 13.4. The van der Waals surface area contributed by atoms with E-state index in [1.807, 2.05) is 48.5 Å². The van der Waals surface area contributed by atoms with Crippen molar-refractivity contribution in [3.8, 4) is 16.9 Å². The third-order valence-corrected chi connectivity index (χ3v) is 7.22. The number of nitrogens with one attached hydrogen (secondary N) is 1. The zero-order valence-corrected chi connectivity index (χ0v) is 19.6. The second kappa shape index (κ2) is 10.7. The number of amides is 1. The first kappa shape index (κ1) is 23.2. The molecule has 3 aromatic rings. The Labute approximate surface area is 199 Å². The van der Waals surface area contributed by atoms with Gasteiger partial charge in [0.25, 0.3) is 5.91 Å². The van der Waals surface area contributed by atoms with E-state index in [2.05, 4.69) is 27.9 Å². The number of ether oxygens (including phenoxy) is 1. The van der Waals surface area contributed by atoms with Crippen molar-refractivity contribution in [3.63, 3.8) is 0 Å². The highest BCUT2D eigenvalue weighted by atomic mass is 32.2. The van der Waals surface area contributed by atoms with Crippen LogP contribution in [0.25, 0.3) is 11.1 Å². The Morgan fingerprint density at radius 2 is 1.76 bits per heavy atom. The van der Waals surface area contributed by atoms with Crippen LogP contribution in [0.15, 0.2) is 71.6 Å². The molecule has 7 heteroatoms. The molecule has 4 rings (SSSR count). The van der Waals surface area contributed by atoms with E-state index < -0.39 is 5.91 Å². The normalized spacial score (nSPS) is 14.7. The second-order valence-electron chi connectivity index (χ2n) is 8.28. The molecule has 0 atom stereocenters. The SMILES string of the molecule is COc1ccc(SN2CCC(Cc3cc(-c4ccccc4)cc(C(N)=O)c3NN)CC2)cc1. The number of nitrogens with zero attached hydrogens (tertiary/aromatic N) is 1. The Morgan fingerprint density at radius 1 is 1.06 bits per heavy atom. The Kier molecular flexibility index (Phi) is 7.54. The van der Waals surface area contributed by atoms with Gasteiger partial charge in [-0.05, 0) is 90.2 Å². The van der Waals surface area contributed by atoms with Crippen LogP contribution in [0.1, 0.15) is 28.8 Å². The monoisotopic (exact) mass is 462 g/mol. The average Bonchev–Trinajstić information content (AvgIpc) is 2.85. The van der Waals surface area contributed by atoms with Crippen molar-refractivity contribution in [1.82, 2.24) is 4.31 Å². The molecule has 1 fully saturated rings. The standard InChI is InChI=1S/C26H30N4O2S/c1-32-22-7-9-23(10-8-22)33-30-13-11-18(12-14-30)15-21-16-20(19-5-3-2-4-6-19)17-24(26(27)31)25(21)29-28/h2-10,16-18,29H,11-15,28H2,1H3,(H2,27,31). The lowest BCUT2D eigenvalue weighted by Crippen LogP contribution is -2.29. The van der Waals surface area contributed by atoms with Crippen LogP contribution in [0.2, 0.25) is 0 Å². The van der Waals surface area contributed by atoms with Gasteiger partial charge >= 0.3 is 0 Å². The summed E-state index contributed by atoms with van der Waals surface area (Å²) in [7, 11) is 1.68. The van der Waals surface area contributed by atoms with E-state index in [-0.39, 0.29) is 0 Å². The molecule has 1 amide bonds. The molecule has 6 nitrogen and oxygen atoms in total. The smallest absolute Gasteiger partial charge is 0.250 e. The van der Waals surface area contributed by atoms with Gasteiger partial charge in [0.1, 0.15) is 5.75 Å². The third kappa shape index (κ3) is 5.68. The molecule has 1 aliphatic heterocycles. The lowest BCUT2D eigenvalue weighted by Gasteiger charge is -2.31. The van der Waals surface area contributed by atoms with Gasteiger partial charge in [0.15, 0.2) is 0 Å². The largest absolute Gasteiger partial charge is 0.497 e.